The first-order valence-electron chi connectivity index (χ1n) is 13.1. The minimum Gasteiger partial charge on any atom is -0.490 e. The van der Waals surface area contributed by atoms with Crippen LogP contribution in [0.4, 0.5) is 5.69 Å². The maximum absolute atomic E-state index is 13.4. The van der Waals surface area contributed by atoms with Crippen LogP contribution >= 0.6 is 27.5 Å². The number of allylic oxidation sites excluding steroid dienone is 1. The van der Waals surface area contributed by atoms with Gasteiger partial charge in [0.2, 0.25) is 0 Å². The second-order valence-electron chi connectivity index (χ2n) is 9.42. The molecule has 0 bridgehead atoms. The lowest BCUT2D eigenvalue weighted by atomic mass is 10.1. The minimum atomic E-state index is -0.332. The SMILES string of the molecule is C=CCc1cc(C=Nn2c(C(C)C)nc3ccc(Br)cc3c2=O)cc(OCC)c1OCC(=O)Nc1ccc(Cl)cc1. The first kappa shape index (κ1) is 30.0. The summed E-state index contributed by atoms with van der Waals surface area (Å²) in [6.07, 6.45) is 3.78. The summed E-state index contributed by atoms with van der Waals surface area (Å²) >= 11 is 9.35. The molecule has 0 fully saturated rings. The molecule has 0 aliphatic rings. The van der Waals surface area contributed by atoms with Gasteiger partial charge in [-0.3, -0.25) is 9.59 Å². The summed E-state index contributed by atoms with van der Waals surface area (Å²) < 4.78 is 14.0. The lowest BCUT2D eigenvalue weighted by molar-refractivity contribution is -0.118. The standard InChI is InChI=1S/C31H30BrClN4O4/c1-5-7-21-14-20(17-34-37-30(19(3)4)36-26-13-8-22(32)16-25(26)31(37)39)15-27(40-6-2)29(21)41-18-28(38)35-24-11-9-23(33)10-12-24/h5,8-17,19H,1,6-7,18H2,2-4H3,(H,35,38). The molecule has 4 aromatic rings. The molecule has 212 valence electrons. The van der Waals surface area contributed by atoms with Crippen molar-refractivity contribution in [1.82, 2.24) is 9.66 Å². The maximum Gasteiger partial charge on any atom is 0.282 e. The molecule has 1 N–H and O–H groups in total. The summed E-state index contributed by atoms with van der Waals surface area (Å²) in [5.41, 5.74) is 2.39. The third-order valence-electron chi connectivity index (χ3n) is 5.97. The summed E-state index contributed by atoms with van der Waals surface area (Å²) in [5, 5.41) is 8.36. The molecule has 1 aromatic heterocycles. The normalized spacial score (nSPS) is 11.3. The van der Waals surface area contributed by atoms with Crippen molar-refractivity contribution in [1.29, 1.82) is 0 Å². The van der Waals surface area contributed by atoms with Gasteiger partial charge >= 0.3 is 0 Å². The monoisotopic (exact) mass is 636 g/mol. The first-order chi connectivity index (χ1) is 19.7. The van der Waals surface area contributed by atoms with Crippen LogP contribution in [0.25, 0.3) is 10.9 Å². The molecule has 1 heterocycles. The van der Waals surface area contributed by atoms with E-state index in [9.17, 15) is 9.59 Å². The summed E-state index contributed by atoms with van der Waals surface area (Å²) in [4.78, 5) is 30.7. The van der Waals surface area contributed by atoms with Crippen LogP contribution in [-0.4, -0.2) is 35.0 Å². The van der Waals surface area contributed by atoms with Gasteiger partial charge in [0.05, 0.1) is 23.7 Å². The van der Waals surface area contributed by atoms with Gasteiger partial charge in [-0.2, -0.15) is 9.78 Å². The topological polar surface area (TPSA) is 94.8 Å². The molecule has 0 unspecified atom stereocenters. The van der Waals surface area contributed by atoms with E-state index in [0.29, 0.717) is 57.5 Å². The van der Waals surface area contributed by atoms with Crippen LogP contribution in [0.15, 0.2) is 81.6 Å². The van der Waals surface area contributed by atoms with Crippen LogP contribution in [0.3, 0.4) is 0 Å². The van der Waals surface area contributed by atoms with E-state index in [4.69, 9.17) is 26.1 Å². The van der Waals surface area contributed by atoms with Gasteiger partial charge in [-0.1, -0.05) is 47.5 Å². The van der Waals surface area contributed by atoms with E-state index in [1.807, 2.05) is 39.0 Å². The van der Waals surface area contributed by atoms with Gasteiger partial charge in [0.1, 0.15) is 5.82 Å². The molecular formula is C31H30BrClN4O4. The van der Waals surface area contributed by atoms with Crippen molar-refractivity contribution in [2.45, 2.75) is 33.1 Å². The van der Waals surface area contributed by atoms with E-state index in [1.54, 1.807) is 48.7 Å². The highest BCUT2D eigenvalue weighted by Crippen LogP contribution is 2.34. The van der Waals surface area contributed by atoms with E-state index < -0.39 is 0 Å². The molecule has 10 heteroatoms. The van der Waals surface area contributed by atoms with Crippen LogP contribution in [0.2, 0.25) is 5.02 Å². The largest absolute Gasteiger partial charge is 0.490 e. The van der Waals surface area contributed by atoms with E-state index in [0.717, 1.165) is 10.0 Å². The Labute approximate surface area is 251 Å². The number of hydrogen-bond donors (Lipinski definition) is 1. The zero-order chi connectivity index (χ0) is 29.5. The predicted molar refractivity (Wildman–Crippen MR) is 168 cm³/mol. The number of amides is 1. The highest BCUT2D eigenvalue weighted by Gasteiger charge is 2.17. The Morgan fingerprint density at radius 1 is 1.17 bits per heavy atom. The van der Waals surface area contributed by atoms with Crippen LogP contribution in [0.1, 0.15) is 43.6 Å². The van der Waals surface area contributed by atoms with Crippen molar-refractivity contribution >= 4 is 56.2 Å². The fraction of sp³-hybridized carbons (Fsp3) is 0.226. The van der Waals surface area contributed by atoms with Gasteiger partial charge in [-0.25, -0.2) is 4.98 Å². The number of ether oxygens (including phenoxy) is 2. The maximum atomic E-state index is 13.4. The highest BCUT2D eigenvalue weighted by molar-refractivity contribution is 9.10. The predicted octanol–water partition coefficient (Wildman–Crippen LogP) is 6.96. The molecule has 0 aliphatic heterocycles. The van der Waals surface area contributed by atoms with Crippen LogP contribution in [-0.2, 0) is 11.2 Å². The third kappa shape index (κ3) is 7.42. The zero-order valence-electron chi connectivity index (χ0n) is 23.0. The number of fused-ring (bicyclic) bond motifs is 1. The van der Waals surface area contributed by atoms with E-state index in [-0.39, 0.29) is 24.0 Å². The van der Waals surface area contributed by atoms with E-state index in [1.165, 1.54) is 4.68 Å². The Balaban J connectivity index is 1.67. The van der Waals surface area contributed by atoms with Crippen molar-refractivity contribution in [2.24, 2.45) is 5.10 Å². The molecule has 41 heavy (non-hydrogen) atoms. The number of carbonyl (C=O) groups excluding carboxylic acids is 1. The number of carbonyl (C=O) groups is 1. The number of nitrogens with zero attached hydrogens (tertiary/aromatic N) is 3. The first-order valence-corrected chi connectivity index (χ1v) is 14.2. The summed E-state index contributed by atoms with van der Waals surface area (Å²) in [6.45, 7) is 9.78. The van der Waals surface area contributed by atoms with Crippen molar-refractivity contribution < 1.29 is 14.3 Å². The molecule has 0 radical (unpaired) electrons. The van der Waals surface area contributed by atoms with Crippen molar-refractivity contribution in [3.05, 3.63) is 104 Å². The van der Waals surface area contributed by atoms with Crippen molar-refractivity contribution in [2.75, 3.05) is 18.5 Å². The van der Waals surface area contributed by atoms with Gasteiger partial charge < -0.3 is 14.8 Å². The fourth-order valence-corrected chi connectivity index (χ4v) is 4.62. The Hall–Kier alpha value is -3.95. The molecule has 0 saturated carbocycles. The van der Waals surface area contributed by atoms with Crippen molar-refractivity contribution in [3.8, 4) is 11.5 Å². The molecule has 4 rings (SSSR count). The van der Waals surface area contributed by atoms with Gasteiger partial charge in [0.25, 0.3) is 11.5 Å². The summed E-state index contributed by atoms with van der Waals surface area (Å²) in [5.74, 6) is 1.06. The molecular weight excluding hydrogens is 608 g/mol. The van der Waals surface area contributed by atoms with Crippen LogP contribution < -0.4 is 20.3 Å². The highest BCUT2D eigenvalue weighted by atomic mass is 79.9. The van der Waals surface area contributed by atoms with Gasteiger partial charge in [0, 0.05) is 26.7 Å². The smallest absolute Gasteiger partial charge is 0.282 e. The number of hydrogen-bond acceptors (Lipinski definition) is 6. The average molecular weight is 638 g/mol. The lowest BCUT2D eigenvalue weighted by Crippen LogP contribution is -2.23. The Morgan fingerprint density at radius 3 is 2.61 bits per heavy atom. The van der Waals surface area contributed by atoms with Crippen molar-refractivity contribution in [3.63, 3.8) is 0 Å². The Morgan fingerprint density at radius 2 is 1.93 bits per heavy atom. The second-order valence-corrected chi connectivity index (χ2v) is 10.8. The number of halogens is 2. The number of rotatable bonds is 11. The average Bonchev–Trinajstić information content (AvgIpc) is 2.93. The molecule has 0 atom stereocenters. The zero-order valence-corrected chi connectivity index (χ0v) is 25.3. The quantitative estimate of drug-likeness (QED) is 0.142. The summed E-state index contributed by atoms with van der Waals surface area (Å²) in [6, 6.07) is 15.8. The molecule has 8 nitrogen and oxygen atoms in total. The van der Waals surface area contributed by atoms with Gasteiger partial charge in [0.15, 0.2) is 18.1 Å². The van der Waals surface area contributed by atoms with Crippen LogP contribution in [0.5, 0.6) is 11.5 Å². The van der Waals surface area contributed by atoms with Gasteiger partial charge in [-0.15, -0.1) is 6.58 Å². The van der Waals surface area contributed by atoms with Gasteiger partial charge in [-0.05, 0) is 73.5 Å². The minimum absolute atomic E-state index is 0.0435. The number of nitrogens with one attached hydrogen (secondary N) is 1. The Bertz CT molecular complexity index is 1670. The Kier molecular flexibility index (Phi) is 9.96. The number of benzene rings is 3. The molecule has 3 aromatic carbocycles. The van der Waals surface area contributed by atoms with Crippen LogP contribution in [0, 0.1) is 0 Å². The second kappa shape index (κ2) is 13.6. The number of anilines is 1. The van der Waals surface area contributed by atoms with E-state index in [2.05, 4.69) is 32.9 Å². The molecule has 0 aliphatic carbocycles. The molecule has 0 spiro atoms. The molecule has 1 amide bonds. The molecule has 0 saturated heterocycles. The number of aromatic nitrogens is 2. The third-order valence-corrected chi connectivity index (χ3v) is 6.71. The lowest BCUT2D eigenvalue weighted by Gasteiger charge is -2.17. The summed E-state index contributed by atoms with van der Waals surface area (Å²) in [7, 11) is 0. The van der Waals surface area contributed by atoms with E-state index >= 15 is 0 Å². The fourth-order valence-electron chi connectivity index (χ4n) is 4.14.